The molecule has 14 heavy (non-hydrogen) atoms. The fourth-order valence-corrected chi connectivity index (χ4v) is 2.31. The molecule has 0 saturated carbocycles. The van der Waals surface area contributed by atoms with E-state index in [-0.39, 0.29) is 0 Å². The Labute approximate surface area is 89.1 Å². The van der Waals surface area contributed by atoms with Gasteiger partial charge < -0.3 is 0 Å². The molecule has 0 aromatic rings. The van der Waals surface area contributed by atoms with E-state index in [0.29, 0.717) is 0 Å². The fourth-order valence-electron chi connectivity index (χ4n) is 2.31. The molecule has 1 rings (SSSR count). The summed E-state index contributed by atoms with van der Waals surface area (Å²) in [7, 11) is 0. The van der Waals surface area contributed by atoms with E-state index in [0.717, 1.165) is 5.92 Å². The molecule has 0 atom stereocenters. The van der Waals surface area contributed by atoms with Gasteiger partial charge in [-0.15, -0.1) is 0 Å². The molecule has 1 aliphatic rings. The fraction of sp³-hybridized carbons (Fsp3) is 0.714. The minimum Gasteiger partial charge on any atom is -0.0741 e. The molecule has 0 bridgehead atoms. The summed E-state index contributed by atoms with van der Waals surface area (Å²) in [5, 5.41) is 0. The lowest BCUT2D eigenvalue weighted by molar-refractivity contribution is 0.693. The smallest absolute Gasteiger partial charge is 0.00418 e. The Balaban J connectivity index is 2.60. The minimum atomic E-state index is 0.753. The van der Waals surface area contributed by atoms with Gasteiger partial charge in [-0.25, -0.2) is 0 Å². The summed E-state index contributed by atoms with van der Waals surface area (Å²) in [5.41, 5.74) is 3.29. The lowest BCUT2D eigenvalue weighted by atomic mass is 10.0. The van der Waals surface area contributed by atoms with Crippen LogP contribution in [0.1, 0.15) is 59.3 Å². The average Bonchev–Trinajstić information content (AvgIpc) is 2.50. The molecule has 0 radical (unpaired) electrons. The molecule has 0 spiro atoms. The van der Waals surface area contributed by atoms with Gasteiger partial charge in [0, 0.05) is 0 Å². The van der Waals surface area contributed by atoms with E-state index in [2.05, 4.69) is 32.9 Å². The van der Waals surface area contributed by atoms with Crippen LogP contribution in [0.25, 0.3) is 0 Å². The van der Waals surface area contributed by atoms with Gasteiger partial charge in [-0.2, -0.15) is 0 Å². The van der Waals surface area contributed by atoms with Crippen molar-refractivity contribution in [2.24, 2.45) is 5.92 Å². The summed E-state index contributed by atoms with van der Waals surface area (Å²) in [6.45, 7) is 6.83. The minimum absolute atomic E-state index is 0.753. The number of allylic oxidation sites excluding steroid dienone is 4. The molecule has 0 unspecified atom stereocenters. The molecular weight excluding hydrogens is 168 g/mol. The van der Waals surface area contributed by atoms with Crippen LogP contribution in [0.3, 0.4) is 0 Å². The van der Waals surface area contributed by atoms with Crippen LogP contribution in [0, 0.1) is 5.92 Å². The summed E-state index contributed by atoms with van der Waals surface area (Å²) in [4.78, 5) is 0. The van der Waals surface area contributed by atoms with Gasteiger partial charge in [0.25, 0.3) is 0 Å². The van der Waals surface area contributed by atoms with Crippen molar-refractivity contribution >= 4 is 0 Å². The molecular formula is C14H24. The Kier molecular flexibility index (Phi) is 5.00. The van der Waals surface area contributed by atoms with E-state index < -0.39 is 0 Å². The van der Waals surface area contributed by atoms with Crippen molar-refractivity contribution in [1.82, 2.24) is 0 Å². The second kappa shape index (κ2) is 6.06. The molecule has 0 aliphatic heterocycles. The molecule has 0 saturated heterocycles. The first-order valence-electron chi connectivity index (χ1n) is 6.23. The summed E-state index contributed by atoms with van der Waals surface area (Å²) in [6, 6.07) is 0. The topological polar surface area (TPSA) is 0 Å². The highest BCUT2D eigenvalue weighted by atomic mass is 14.2. The molecule has 0 nitrogen and oxygen atoms in total. The summed E-state index contributed by atoms with van der Waals surface area (Å²) < 4.78 is 0. The van der Waals surface area contributed by atoms with Crippen LogP contribution < -0.4 is 0 Å². The average molecular weight is 192 g/mol. The maximum Gasteiger partial charge on any atom is -0.00418 e. The van der Waals surface area contributed by atoms with Gasteiger partial charge in [-0.3, -0.25) is 0 Å². The van der Waals surface area contributed by atoms with Crippen LogP contribution >= 0.6 is 0 Å². The molecule has 1 aliphatic carbocycles. The molecule has 0 aromatic heterocycles. The first-order valence-corrected chi connectivity index (χ1v) is 6.23. The molecule has 0 amide bonds. The predicted octanol–water partition coefficient (Wildman–Crippen LogP) is 4.87. The maximum absolute atomic E-state index is 2.51. The largest absolute Gasteiger partial charge is 0.0741 e. The van der Waals surface area contributed by atoms with Crippen molar-refractivity contribution in [3.05, 3.63) is 23.3 Å². The molecule has 0 aromatic carbocycles. The zero-order chi connectivity index (χ0) is 10.4. The van der Waals surface area contributed by atoms with Crippen molar-refractivity contribution in [3.8, 4) is 0 Å². The van der Waals surface area contributed by atoms with Gasteiger partial charge in [0.1, 0.15) is 0 Å². The van der Waals surface area contributed by atoms with Gasteiger partial charge in [0.2, 0.25) is 0 Å². The predicted molar refractivity (Wildman–Crippen MR) is 64.4 cm³/mol. The normalized spacial score (nSPS) is 17.1. The zero-order valence-corrected chi connectivity index (χ0v) is 9.97. The number of rotatable bonds is 6. The van der Waals surface area contributed by atoms with E-state index in [4.69, 9.17) is 0 Å². The SMILES string of the molecule is CCCC1=CC(CCC)C=C1CCC. The van der Waals surface area contributed by atoms with Crippen LogP contribution in [-0.2, 0) is 0 Å². The van der Waals surface area contributed by atoms with E-state index in [9.17, 15) is 0 Å². The summed E-state index contributed by atoms with van der Waals surface area (Å²) in [6.07, 6.45) is 12.8. The molecule has 0 heteroatoms. The van der Waals surface area contributed by atoms with Crippen molar-refractivity contribution < 1.29 is 0 Å². The monoisotopic (exact) mass is 192 g/mol. The molecule has 0 fully saturated rings. The highest BCUT2D eigenvalue weighted by molar-refractivity contribution is 5.38. The van der Waals surface area contributed by atoms with Crippen molar-refractivity contribution in [1.29, 1.82) is 0 Å². The Bertz CT molecular complexity index is 198. The van der Waals surface area contributed by atoms with Gasteiger partial charge in [-0.05, 0) is 36.3 Å². The van der Waals surface area contributed by atoms with E-state index in [1.165, 1.54) is 38.5 Å². The van der Waals surface area contributed by atoms with E-state index in [1.807, 2.05) is 0 Å². The Morgan fingerprint density at radius 3 is 1.71 bits per heavy atom. The van der Waals surface area contributed by atoms with E-state index >= 15 is 0 Å². The lowest BCUT2D eigenvalue weighted by Crippen LogP contribution is -1.86. The van der Waals surface area contributed by atoms with Crippen LogP contribution in [-0.4, -0.2) is 0 Å². The second-order valence-electron chi connectivity index (χ2n) is 4.34. The highest BCUT2D eigenvalue weighted by Crippen LogP contribution is 2.32. The quantitative estimate of drug-likeness (QED) is 0.563. The third-order valence-corrected chi connectivity index (χ3v) is 2.90. The number of hydrogen-bond acceptors (Lipinski definition) is 0. The molecule has 0 N–H and O–H groups in total. The van der Waals surface area contributed by atoms with E-state index in [1.54, 1.807) is 11.1 Å². The van der Waals surface area contributed by atoms with Gasteiger partial charge in [0.05, 0.1) is 0 Å². The van der Waals surface area contributed by atoms with Crippen LogP contribution in [0.15, 0.2) is 23.3 Å². The van der Waals surface area contributed by atoms with Crippen LogP contribution in [0.2, 0.25) is 0 Å². The van der Waals surface area contributed by atoms with Crippen molar-refractivity contribution in [3.63, 3.8) is 0 Å². The van der Waals surface area contributed by atoms with Gasteiger partial charge in [-0.1, -0.05) is 52.2 Å². The van der Waals surface area contributed by atoms with Gasteiger partial charge in [0.15, 0.2) is 0 Å². The maximum atomic E-state index is 2.51. The van der Waals surface area contributed by atoms with Crippen LogP contribution in [0.4, 0.5) is 0 Å². The highest BCUT2D eigenvalue weighted by Gasteiger charge is 2.15. The summed E-state index contributed by atoms with van der Waals surface area (Å²) in [5.74, 6) is 0.753. The first kappa shape index (κ1) is 11.6. The summed E-state index contributed by atoms with van der Waals surface area (Å²) >= 11 is 0. The standard InChI is InChI=1S/C14H24/c1-4-7-12-10-13(8-5-2)14(11-12)9-6-3/h10-12H,4-9H2,1-3H3. The third-order valence-electron chi connectivity index (χ3n) is 2.90. The lowest BCUT2D eigenvalue weighted by Gasteiger charge is -2.04. The molecule has 80 valence electrons. The third kappa shape index (κ3) is 3.01. The first-order chi connectivity index (χ1) is 6.81. The Morgan fingerprint density at radius 1 is 0.857 bits per heavy atom. The zero-order valence-electron chi connectivity index (χ0n) is 9.97. The van der Waals surface area contributed by atoms with Crippen molar-refractivity contribution in [2.45, 2.75) is 59.3 Å². The number of hydrogen-bond donors (Lipinski definition) is 0. The molecule has 0 heterocycles. The van der Waals surface area contributed by atoms with Crippen LogP contribution in [0.5, 0.6) is 0 Å². The van der Waals surface area contributed by atoms with Crippen molar-refractivity contribution in [2.75, 3.05) is 0 Å². The Morgan fingerprint density at radius 2 is 1.36 bits per heavy atom. The second-order valence-corrected chi connectivity index (χ2v) is 4.34. The van der Waals surface area contributed by atoms with Gasteiger partial charge >= 0.3 is 0 Å². The Hall–Kier alpha value is -0.520.